The summed E-state index contributed by atoms with van der Waals surface area (Å²) in [4.78, 5) is 17.8. The third-order valence-electron chi connectivity index (χ3n) is 3.59. The number of thiophene rings is 1. The van der Waals surface area contributed by atoms with Gasteiger partial charge in [-0.2, -0.15) is 0 Å². The summed E-state index contributed by atoms with van der Waals surface area (Å²) in [6.07, 6.45) is 0. The van der Waals surface area contributed by atoms with Gasteiger partial charge in [0.15, 0.2) is 0 Å². The van der Waals surface area contributed by atoms with Crippen molar-refractivity contribution in [3.05, 3.63) is 52.2 Å². The molecule has 0 atom stereocenters. The highest BCUT2D eigenvalue weighted by Crippen LogP contribution is 2.26. The number of amides is 1. The van der Waals surface area contributed by atoms with E-state index in [4.69, 9.17) is 4.74 Å². The van der Waals surface area contributed by atoms with Crippen molar-refractivity contribution in [2.75, 3.05) is 12.9 Å². The van der Waals surface area contributed by atoms with Crippen LogP contribution >= 0.6 is 23.1 Å². The molecule has 4 nitrogen and oxygen atoms in total. The number of pyridine rings is 1. The molecule has 0 bridgehead atoms. The summed E-state index contributed by atoms with van der Waals surface area (Å²) < 4.78 is 5.26. The van der Waals surface area contributed by atoms with Crippen LogP contribution in [0, 0.1) is 6.92 Å². The standard InChI is InChI=1S/C18H18N2O2S2/c1-12-8-18(20-16-9-13(22-2)5-6-15(12)16)24-11-17(21)19-10-14-4-3-7-23-14/h3-9H,10-11H2,1-2H3,(H,19,21). The lowest BCUT2D eigenvalue weighted by Gasteiger charge is -2.08. The summed E-state index contributed by atoms with van der Waals surface area (Å²) in [5, 5.41) is 6.88. The normalized spacial score (nSPS) is 10.8. The van der Waals surface area contributed by atoms with E-state index in [1.165, 1.54) is 11.8 Å². The molecule has 0 saturated heterocycles. The molecule has 0 aliphatic carbocycles. The number of hydrogen-bond acceptors (Lipinski definition) is 5. The van der Waals surface area contributed by atoms with Crippen molar-refractivity contribution in [1.82, 2.24) is 10.3 Å². The molecule has 0 radical (unpaired) electrons. The number of nitrogens with one attached hydrogen (secondary N) is 1. The lowest BCUT2D eigenvalue weighted by atomic mass is 10.1. The maximum atomic E-state index is 12.0. The third kappa shape index (κ3) is 4.07. The largest absolute Gasteiger partial charge is 0.497 e. The van der Waals surface area contributed by atoms with E-state index >= 15 is 0 Å². The van der Waals surface area contributed by atoms with E-state index in [0.29, 0.717) is 12.3 Å². The minimum atomic E-state index is 0.0126. The lowest BCUT2D eigenvalue weighted by molar-refractivity contribution is -0.118. The van der Waals surface area contributed by atoms with Crippen LogP contribution in [0.5, 0.6) is 5.75 Å². The van der Waals surface area contributed by atoms with Gasteiger partial charge in [0.2, 0.25) is 5.91 Å². The van der Waals surface area contributed by atoms with Crippen LogP contribution in [-0.4, -0.2) is 23.8 Å². The number of ether oxygens (including phenoxy) is 1. The number of nitrogens with zero attached hydrogens (tertiary/aromatic N) is 1. The quantitative estimate of drug-likeness (QED) is 0.676. The molecular formula is C18H18N2O2S2. The molecule has 124 valence electrons. The van der Waals surface area contributed by atoms with Gasteiger partial charge in [-0.15, -0.1) is 11.3 Å². The first-order valence-electron chi connectivity index (χ1n) is 7.53. The van der Waals surface area contributed by atoms with Crippen LogP contribution in [0.25, 0.3) is 10.9 Å². The zero-order valence-corrected chi connectivity index (χ0v) is 15.2. The summed E-state index contributed by atoms with van der Waals surface area (Å²) in [6.45, 7) is 2.63. The Balaban J connectivity index is 1.65. The van der Waals surface area contributed by atoms with Gasteiger partial charge in [-0.05, 0) is 42.1 Å². The molecule has 0 aliphatic rings. The zero-order chi connectivity index (χ0) is 16.9. The topological polar surface area (TPSA) is 51.2 Å². The molecule has 1 amide bonds. The average molecular weight is 358 g/mol. The second-order valence-corrected chi connectivity index (χ2v) is 7.33. The van der Waals surface area contributed by atoms with Crippen LogP contribution in [0.3, 0.4) is 0 Å². The molecule has 1 aromatic carbocycles. The summed E-state index contributed by atoms with van der Waals surface area (Å²) in [7, 11) is 1.64. The smallest absolute Gasteiger partial charge is 0.230 e. The van der Waals surface area contributed by atoms with Gasteiger partial charge in [0, 0.05) is 16.3 Å². The molecule has 24 heavy (non-hydrogen) atoms. The number of aryl methyl sites for hydroxylation is 1. The summed E-state index contributed by atoms with van der Waals surface area (Å²) >= 11 is 3.09. The highest BCUT2D eigenvalue weighted by Gasteiger charge is 2.08. The van der Waals surface area contributed by atoms with E-state index in [1.807, 2.05) is 41.8 Å². The molecule has 3 aromatic rings. The van der Waals surface area contributed by atoms with Gasteiger partial charge in [-0.3, -0.25) is 4.79 Å². The highest BCUT2D eigenvalue weighted by atomic mass is 32.2. The van der Waals surface area contributed by atoms with Gasteiger partial charge < -0.3 is 10.1 Å². The number of benzene rings is 1. The minimum Gasteiger partial charge on any atom is -0.497 e. The average Bonchev–Trinajstić information content (AvgIpc) is 3.11. The zero-order valence-electron chi connectivity index (χ0n) is 13.5. The minimum absolute atomic E-state index is 0.0126. The molecule has 0 saturated carbocycles. The number of carbonyl (C=O) groups is 1. The van der Waals surface area contributed by atoms with Crippen molar-refractivity contribution in [3.63, 3.8) is 0 Å². The fraction of sp³-hybridized carbons (Fsp3) is 0.222. The molecular weight excluding hydrogens is 340 g/mol. The monoisotopic (exact) mass is 358 g/mol. The van der Waals surface area contributed by atoms with Crippen molar-refractivity contribution < 1.29 is 9.53 Å². The first-order chi connectivity index (χ1) is 11.7. The molecule has 3 rings (SSSR count). The van der Waals surface area contributed by atoms with Crippen LogP contribution in [0.2, 0.25) is 0 Å². The predicted octanol–water partition coefficient (Wildman–Crippen LogP) is 4.02. The van der Waals surface area contributed by atoms with Crippen LogP contribution in [-0.2, 0) is 11.3 Å². The fourth-order valence-electron chi connectivity index (χ4n) is 2.34. The van der Waals surface area contributed by atoms with E-state index in [-0.39, 0.29) is 5.91 Å². The predicted molar refractivity (Wildman–Crippen MR) is 99.9 cm³/mol. The second kappa shape index (κ2) is 7.68. The Labute approximate surface area is 149 Å². The number of rotatable bonds is 6. The van der Waals surface area contributed by atoms with Crippen LogP contribution < -0.4 is 10.1 Å². The number of methoxy groups -OCH3 is 1. The Kier molecular flexibility index (Phi) is 5.37. The van der Waals surface area contributed by atoms with Crippen molar-refractivity contribution in [1.29, 1.82) is 0 Å². The Bertz CT molecular complexity index is 848. The Morgan fingerprint density at radius 3 is 2.96 bits per heavy atom. The number of aromatic nitrogens is 1. The van der Waals surface area contributed by atoms with Gasteiger partial charge >= 0.3 is 0 Å². The summed E-state index contributed by atoms with van der Waals surface area (Å²) in [5.41, 5.74) is 2.03. The van der Waals surface area contributed by atoms with E-state index < -0.39 is 0 Å². The van der Waals surface area contributed by atoms with E-state index in [1.54, 1.807) is 18.4 Å². The SMILES string of the molecule is COc1ccc2c(C)cc(SCC(=O)NCc3cccs3)nc2c1. The van der Waals surface area contributed by atoms with Crippen molar-refractivity contribution in [3.8, 4) is 5.75 Å². The molecule has 2 heterocycles. The summed E-state index contributed by atoms with van der Waals surface area (Å²) in [6, 6.07) is 11.9. The number of thioether (sulfide) groups is 1. The summed E-state index contributed by atoms with van der Waals surface area (Å²) in [5.74, 6) is 1.15. The van der Waals surface area contributed by atoms with Crippen LogP contribution in [0.15, 0.2) is 46.8 Å². The third-order valence-corrected chi connectivity index (χ3v) is 5.38. The first-order valence-corrected chi connectivity index (χ1v) is 9.39. The lowest BCUT2D eigenvalue weighted by Crippen LogP contribution is -2.24. The number of hydrogen-bond donors (Lipinski definition) is 1. The van der Waals surface area contributed by atoms with E-state index in [9.17, 15) is 4.79 Å². The van der Waals surface area contributed by atoms with Gasteiger partial charge in [-0.25, -0.2) is 4.98 Å². The number of fused-ring (bicyclic) bond motifs is 1. The van der Waals surface area contributed by atoms with Gasteiger partial charge in [0.1, 0.15) is 5.75 Å². The van der Waals surface area contributed by atoms with E-state index in [0.717, 1.165) is 32.1 Å². The van der Waals surface area contributed by atoms with E-state index in [2.05, 4.69) is 17.2 Å². The molecule has 6 heteroatoms. The molecule has 0 spiro atoms. The maximum Gasteiger partial charge on any atom is 0.230 e. The highest BCUT2D eigenvalue weighted by molar-refractivity contribution is 7.99. The van der Waals surface area contributed by atoms with Crippen LogP contribution in [0.1, 0.15) is 10.4 Å². The molecule has 1 N–H and O–H groups in total. The Morgan fingerprint density at radius 2 is 2.21 bits per heavy atom. The Morgan fingerprint density at radius 1 is 1.33 bits per heavy atom. The van der Waals surface area contributed by atoms with Crippen molar-refractivity contribution in [2.45, 2.75) is 18.5 Å². The van der Waals surface area contributed by atoms with Gasteiger partial charge in [0.25, 0.3) is 0 Å². The number of carbonyl (C=O) groups excluding carboxylic acids is 1. The maximum absolute atomic E-state index is 12.0. The van der Waals surface area contributed by atoms with Gasteiger partial charge in [0.05, 0.1) is 30.0 Å². The van der Waals surface area contributed by atoms with Crippen molar-refractivity contribution in [2.24, 2.45) is 0 Å². The van der Waals surface area contributed by atoms with Gasteiger partial charge in [-0.1, -0.05) is 17.8 Å². The molecule has 0 fully saturated rings. The first kappa shape index (κ1) is 16.8. The van der Waals surface area contributed by atoms with Crippen molar-refractivity contribution >= 4 is 39.9 Å². The van der Waals surface area contributed by atoms with Crippen LogP contribution in [0.4, 0.5) is 0 Å². The molecule has 0 aliphatic heterocycles. The fourth-order valence-corrected chi connectivity index (χ4v) is 3.79. The Hall–Kier alpha value is -2.05. The molecule has 0 unspecified atom stereocenters. The molecule has 2 aromatic heterocycles. The second-order valence-electron chi connectivity index (χ2n) is 5.31.